The smallest absolute Gasteiger partial charge is 0.260 e. The zero-order chi connectivity index (χ0) is 13.0. The molecule has 0 atom stereocenters. The first-order valence-corrected chi connectivity index (χ1v) is 6.27. The van der Waals surface area contributed by atoms with Gasteiger partial charge in [-0.25, -0.2) is 4.98 Å². The maximum atomic E-state index is 11.6. The molecule has 0 spiro atoms. The molecule has 1 aromatic heterocycles. The van der Waals surface area contributed by atoms with E-state index < -0.39 is 0 Å². The Labute approximate surface area is 109 Å². The monoisotopic (exact) mass is 263 g/mol. The van der Waals surface area contributed by atoms with Crippen molar-refractivity contribution < 1.29 is 9.21 Å². The van der Waals surface area contributed by atoms with Gasteiger partial charge in [0.2, 0.25) is 0 Å². The Balaban J connectivity index is 2.17. The van der Waals surface area contributed by atoms with Crippen LogP contribution in [0.3, 0.4) is 0 Å². The number of rotatable bonds is 4. The molecule has 2 aromatic rings. The number of benzene rings is 1. The first kappa shape index (κ1) is 12.5. The van der Waals surface area contributed by atoms with E-state index in [0.717, 1.165) is 4.90 Å². The standard InChI is InChI=1S/C12H13N3O2S/c1-2-14-11(16)8-3-4-10(9(13)7-8)18-12-15-5-6-17-12/h3-7H,2,13H2,1H3,(H,14,16). The number of aromatic nitrogens is 1. The van der Waals surface area contributed by atoms with Gasteiger partial charge >= 0.3 is 0 Å². The molecular formula is C12H13N3O2S. The van der Waals surface area contributed by atoms with Crippen molar-refractivity contribution in [3.63, 3.8) is 0 Å². The number of amides is 1. The van der Waals surface area contributed by atoms with Crippen LogP contribution in [0, 0.1) is 0 Å². The fraction of sp³-hybridized carbons (Fsp3) is 0.167. The highest BCUT2D eigenvalue weighted by atomic mass is 32.2. The van der Waals surface area contributed by atoms with Crippen molar-refractivity contribution in [2.24, 2.45) is 0 Å². The van der Waals surface area contributed by atoms with Crippen LogP contribution < -0.4 is 11.1 Å². The molecule has 2 rings (SSSR count). The van der Waals surface area contributed by atoms with Gasteiger partial charge in [0.05, 0.1) is 6.20 Å². The highest BCUT2D eigenvalue weighted by molar-refractivity contribution is 7.99. The van der Waals surface area contributed by atoms with Crippen LogP contribution in [0.4, 0.5) is 5.69 Å². The van der Waals surface area contributed by atoms with Crippen molar-refractivity contribution in [1.29, 1.82) is 0 Å². The second kappa shape index (κ2) is 5.59. The zero-order valence-electron chi connectivity index (χ0n) is 9.84. The highest BCUT2D eigenvalue weighted by Gasteiger charge is 2.09. The molecule has 1 aromatic carbocycles. The minimum atomic E-state index is -0.128. The summed E-state index contributed by atoms with van der Waals surface area (Å²) in [6, 6.07) is 5.16. The average Bonchev–Trinajstić information content (AvgIpc) is 2.85. The normalized spacial score (nSPS) is 10.3. The molecule has 0 saturated heterocycles. The van der Waals surface area contributed by atoms with Gasteiger partial charge in [0.25, 0.3) is 11.1 Å². The second-order valence-electron chi connectivity index (χ2n) is 3.51. The lowest BCUT2D eigenvalue weighted by atomic mass is 10.2. The van der Waals surface area contributed by atoms with E-state index in [0.29, 0.717) is 23.0 Å². The van der Waals surface area contributed by atoms with E-state index in [1.165, 1.54) is 18.0 Å². The molecule has 0 bridgehead atoms. The quantitative estimate of drug-likeness (QED) is 0.826. The van der Waals surface area contributed by atoms with Gasteiger partial charge in [0.1, 0.15) is 6.26 Å². The fourth-order valence-corrected chi connectivity index (χ4v) is 2.12. The summed E-state index contributed by atoms with van der Waals surface area (Å²) in [6.45, 7) is 2.46. The zero-order valence-corrected chi connectivity index (χ0v) is 10.7. The molecule has 0 aliphatic rings. The van der Waals surface area contributed by atoms with Crippen LogP contribution in [0.1, 0.15) is 17.3 Å². The van der Waals surface area contributed by atoms with E-state index in [9.17, 15) is 4.79 Å². The maximum absolute atomic E-state index is 11.6. The Morgan fingerprint density at radius 1 is 1.56 bits per heavy atom. The maximum Gasteiger partial charge on any atom is 0.260 e. The van der Waals surface area contributed by atoms with E-state index in [1.54, 1.807) is 24.4 Å². The molecule has 0 aliphatic heterocycles. The summed E-state index contributed by atoms with van der Waals surface area (Å²) in [5.74, 6) is -0.128. The molecule has 1 amide bonds. The molecule has 3 N–H and O–H groups in total. The third kappa shape index (κ3) is 2.84. The third-order valence-electron chi connectivity index (χ3n) is 2.22. The summed E-state index contributed by atoms with van der Waals surface area (Å²) in [7, 11) is 0. The van der Waals surface area contributed by atoms with E-state index in [1.807, 2.05) is 6.92 Å². The van der Waals surface area contributed by atoms with Crippen LogP contribution >= 0.6 is 11.8 Å². The number of hydrogen-bond acceptors (Lipinski definition) is 5. The van der Waals surface area contributed by atoms with Crippen molar-refractivity contribution in [3.8, 4) is 0 Å². The first-order valence-electron chi connectivity index (χ1n) is 5.45. The second-order valence-corrected chi connectivity index (χ2v) is 4.51. The van der Waals surface area contributed by atoms with Crippen LogP contribution in [-0.2, 0) is 0 Å². The van der Waals surface area contributed by atoms with Gasteiger partial charge in [0.15, 0.2) is 0 Å². The molecule has 0 aliphatic carbocycles. The van der Waals surface area contributed by atoms with Crippen molar-refractivity contribution in [1.82, 2.24) is 10.3 Å². The molecular weight excluding hydrogens is 250 g/mol. The van der Waals surface area contributed by atoms with E-state index in [-0.39, 0.29) is 5.91 Å². The number of nitrogens with zero attached hydrogens (tertiary/aromatic N) is 1. The number of carbonyl (C=O) groups is 1. The number of nitrogen functional groups attached to an aromatic ring is 1. The minimum Gasteiger partial charge on any atom is -0.440 e. The molecule has 0 saturated carbocycles. The van der Waals surface area contributed by atoms with Gasteiger partial charge in [-0.2, -0.15) is 0 Å². The van der Waals surface area contributed by atoms with Crippen molar-refractivity contribution in [2.45, 2.75) is 17.0 Å². The largest absolute Gasteiger partial charge is 0.440 e. The van der Waals surface area contributed by atoms with Crippen molar-refractivity contribution in [3.05, 3.63) is 36.2 Å². The number of anilines is 1. The SMILES string of the molecule is CCNC(=O)c1ccc(Sc2ncco2)c(N)c1. The van der Waals surface area contributed by atoms with Crippen LogP contribution in [0.5, 0.6) is 0 Å². The third-order valence-corrected chi connectivity index (χ3v) is 3.18. The van der Waals surface area contributed by atoms with E-state index in [4.69, 9.17) is 10.2 Å². The van der Waals surface area contributed by atoms with Crippen molar-refractivity contribution in [2.75, 3.05) is 12.3 Å². The van der Waals surface area contributed by atoms with Gasteiger partial charge in [-0.05, 0) is 36.9 Å². The Hall–Kier alpha value is -1.95. The van der Waals surface area contributed by atoms with Gasteiger partial charge in [-0.1, -0.05) is 0 Å². The van der Waals surface area contributed by atoms with Crippen LogP contribution in [0.2, 0.25) is 0 Å². The molecule has 0 unspecified atom stereocenters. The molecule has 0 fully saturated rings. The lowest BCUT2D eigenvalue weighted by Gasteiger charge is -2.06. The van der Waals surface area contributed by atoms with Gasteiger partial charge in [0, 0.05) is 22.7 Å². The average molecular weight is 263 g/mol. The molecule has 18 heavy (non-hydrogen) atoms. The molecule has 5 nitrogen and oxygen atoms in total. The minimum absolute atomic E-state index is 0.128. The summed E-state index contributed by atoms with van der Waals surface area (Å²) in [6.07, 6.45) is 3.07. The number of carbonyl (C=O) groups excluding carboxylic acids is 1. The van der Waals surface area contributed by atoms with Gasteiger partial charge in [-0.15, -0.1) is 0 Å². The predicted molar refractivity (Wildman–Crippen MR) is 69.5 cm³/mol. The summed E-state index contributed by atoms with van der Waals surface area (Å²) in [5.41, 5.74) is 6.98. The van der Waals surface area contributed by atoms with Crippen molar-refractivity contribution >= 4 is 23.4 Å². The summed E-state index contributed by atoms with van der Waals surface area (Å²) >= 11 is 1.32. The molecule has 6 heteroatoms. The number of hydrogen-bond donors (Lipinski definition) is 2. The Morgan fingerprint density at radius 2 is 2.39 bits per heavy atom. The number of nitrogens with one attached hydrogen (secondary N) is 1. The summed E-state index contributed by atoms with van der Waals surface area (Å²) in [5, 5.41) is 3.24. The summed E-state index contributed by atoms with van der Waals surface area (Å²) < 4.78 is 5.13. The Morgan fingerprint density at radius 3 is 3.00 bits per heavy atom. The highest BCUT2D eigenvalue weighted by Crippen LogP contribution is 2.31. The Kier molecular flexibility index (Phi) is 3.88. The lowest BCUT2D eigenvalue weighted by Crippen LogP contribution is -2.22. The Bertz CT molecular complexity index is 540. The van der Waals surface area contributed by atoms with Crippen LogP contribution in [-0.4, -0.2) is 17.4 Å². The molecule has 0 radical (unpaired) electrons. The lowest BCUT2D eigenvalue weighted by molar-refractivity contribution is 0.0956. The molecule has 1 heterocycles. The first-order chi connectivity index (χ1) is 8.70. The van der Waals surface area contributed by atoms with Gasteiger partial charge < -0.3 is 15.5 Å². The van der Waals surface area contributed by atoms with Crippen LogP contribution in [0.15, 0.2) is 45.2 Å². The number of nitrogens with two attached hydrogens (primary N) is 1. The molecule has 94 valence electrons. The topological polar surface area (TPSA) is 81.2 Å². The number of oxazole rings is 1. The predicted octanol–water partition coefficient (Wildman–Crippen LogP) is 2.16. The fourth-order valence-electron chi connectivity index (χ4n) is 1.40. The van der Waals surface area contributed by atoms with E-state index in [2.05, 4.69) is 10.3 Å². The van der Waals surface area contributed by atoms with E-state index >= 15 is 0 Å². The van der Waals surface area contributed by atoms with Crippen LogP contribution in [0.25, 0.3) is 0 Å². The summed E-state index contributed by atoms with van der Waals surface area (Å²) in [4.78, 5) is 16.4. The van der Waals surface area contributed by atoms with Gasteiger partial charge in [-0.3, -0.25) is 4.79 Å².